The highest BCUT2D eigenvalue weighted by Crippen LogP contribution is 2.50. The molecule has 5 rings (SSSR count). The van der Waals surface area contributed by atoms with Crippen LogP contribution in [-0.2, 0) is 15.1 Å². The summed E-state index contributed by atoms with van der Waals surface area (Å²) >= 11 is 0. The molecule has 41 heavy (non-hydrogen) atoms. The molecular weight excluding hydrogens is 527 g/mol. The second-order valence-electron chi connectivity index (χ2n) is 9.35. The number of amides is 1. The monoisotopic (exact) mass is 550 g/mol. The number of hydrogen-bond acceptors (Lipinski definition) is 6. The van der Waals surface area contributed by atoms with Gasteiger partial charge in [0.1, 0.15) is 5.82 Å². The number of nitro groups is 1. The minimum atomic E-state index is -1.98. The Morgan fingerprint density at radius 1 is 0.829 bits per heavy atom. The number of rotatable bonds is 7. The van der Waals surface area contributed by atoms with Crippen molar-refractivity contribution >= 4 is 23.3 Å². The third kappa shape index (κ3) is 4.78. The van der Waals surface area contributed by atoms with Gasteiger partial charge in [0.05, 0.1) is 18.1 Å². The van der Waals surface area contributed by atoms with E-state index in [0.717, 1.165) is 19.2 Å². The molecule has 0 N–H and O–H groups in total. The Kier molecular flexibility index (Phi) is 7.26. The van der Waals surface area contributed by atoms with Crippen molar-refractivity contribution in [3.8, 4) is 0 Å². The summed E-state index contributed by atoms with van der Waals surface area (Å²) in [5.74, 6) is -2.52. The summed E-state index contributed by atoms with van der Waals surface area (Å²) in [5.41, 5.74) is -1.04. The van der Waals surface area contributed by atoms with Gasteiger partial charge in [-0.1, -0.05) is 60.7 Å². The smallest absolute Gasteiger partial charge is 0.340 e. The highest BCUT2D eigenvalue weighted by atomic mass is 19.1. The number of non-ortho nitro benzene ring substituents is 1. The van der Waals surface area contributed by atoms with Crippen LogP contribution in [0, 0.1) is 15.9 Å². The molecule has 0 aromatic heterocycles. The van der Waals surface area contributed by atoms with Crippen molar-refractivity contribution in [3.05, 3.63) is 159 Å². The van der Waals surface area contributed by atoms with Crippen LogP contribution in [0.25, 0.3) is 0 Å². The van der Waals surface area contributed by atoms with Crippen LogP contribution in [0.1, 0.15) is 37.9 Å². The van der Waals surface area contributed by atoms with Crippen molar-refractivity contribution in [1.29, 1.82) is 0 Å². The van der Waals surface area contributed by atoms with Crippen LogP contribution in [0.5, 0.6) is 0 Å². The van der Waals surface area contributed by atoms with Crippen LogP contribution in [0.2, 0.25) is 0 Å². The Bertz CT molecular complexity index is 1650. The summed E-state index contributed by atoms with van der Waals surface area (Å²) in [7, 11) is 1.16. The van der Waals surface area contributed by atoms with Crippen LogP contribution in [0.4, 0.5) is 10.1 Å². The first-order chi connectivity index (χ1) is 19.8. The zero-order valence-electron chi connectivity index (χ0n) is 21.8. The van der Waals surface area contributed by atoms with Gasteiger partial charge in [0.15, 0.2) is 11.3 Å². The van der Waals surface area contributed by atoms with Gasteiger partial charge in [0, 0.05) is 28.8 Å². The summed E-state index contributed by atoms with van der Waals surface area (Å²) in [6.07, 6.45) is 1.38. The number of Topliss-reactive ketones (excluding diaryl/α,β-unsaturated/α-hetero) is 1. The molecule has 0 aliphatic carbocycles. The molecule has 0 spiro atoms. The number of hydrogen-bond donors (Lipinski definition) is 0. The molecule has 4 aromatic carbocycles. The fourth-order valence-corrected chi connectivity index (χ4v) is 5.12. The largest absolute Gasteiger partial charge is 0.467 e. The van der Waals surface area contributed by atoms with Gasteiger partial charge in [0.25, 0.3) is 11.6 Å². The van der Waals surface area contributed by atoms with Crippen molar-refractivity contribution in [2.45, 2.75) is 11.6 Å². The zero-order chi connectivity index (χ0) is 29.1. The third-order valence-electron chi connectivity index (χ3n) is 7.04. The van der Waals surface area contributed by atoms with E-state index < -0.39 is 40.0 Å². The normalized spacial score (nSPS) is 18.0. The molecule has 0 fully saturated rings. The molecule has 2 atom stereocenters. The quantitative estimate of drug-likeness (QED) is 0.124. The summed E-state index contributed by atoms with van der Waals surface area (Å²) in [5, 5.41) is 11.4. The van der Waals surface area contributed by atoms with Gasteiger partial charge in [-0.3, -0.25) is 19.7 Å². The molecule has 1 aliphatic rings. The molecule has 1 aliphatic heterocycles. The number of carbonyl (C=O) groups is 3. The molecule has 0 saturated heterocycles. The van der Waals surface area contributed by atoms with E-state index in [-0.39, 0.29) is 22.4 Å². The van der Waals surface area contributed by atoms with Gasteiger partial charge < -0.3 is 9.64 Å². The molecule has 9 heteroatoms. The van der Waals surface area contributed by atoms with Crippen LogP contribution in [0.3, 0.4) is 0 Å². The summed E-state index contributed by atoms with van der Waals surface area (Å²) in [4.78, 5) is 54.3. The van der Waals surface area contributed by atoms with Crippen LogP contribution in [0.15, 0.2) is 121 Å². The standard InChI is InChI=1S/C32H23FN2O6/c1-41-31(38)32(24-14-16-25(33)17-15-24)20-27(29(36)22-8-4-2-5-9-22)28(21-12-18-26(19-13-21)35(39)40)34(32)30(37)23-10-6-3-7-11-23/h2-20,28H,1H3/t28-,32+/m0/s1. The number of benzene rings is 4. The Morgan fingerprint density at radius 2 is 1.39 bits per heavy atom. The van der Waals surface area contributed by atoms with Crippen LogP contribution >= 0.6 is 0 Å². The SMILES string of the molecule is COC(=O)[C@]1(c2ccc(F)cc2)C=C(C(=O)c2ccccc2)[C@H](c2ccc([N+](=O)[O-])cc2)N1C(=O)c1ccccc1. The summed E-state index contributed by atoms with van der Waals surface area (Å²) in [6, 6.07) is 25.8. The van der Waals surface area contributed by atoms with E-state index in [0.29, 0.717) is 11.1 Å². The van der Waals surface area contributed by atoms with Crippen molar-refractivity contribution in [3.63, 3.8) is 0 Å². The highest BCUT2D eigenvalue weighted by molar-refractivity contribution is 6.13. The fraction of sp³-hybridized carbons (Fsp3) is 0.0938. The van der Waals surface area contributed by atoms with E-state index in [2.05, 4.69) is 0 Å². The lowest BCUT2D eigenvalue weighted by molar-refractivity contribution is -0.384. The number of methoxy groups -OCH3 is 1. The van der Waals surface area contributed by atoms with E-state index in [1.807, 2.05) is 0 Å². The predicted molar refractivity (Wildman–Crippen MR) is 147 cm³/mol. The second kappa shape index (κ2) is 11.0. The van der Waals surface area contributed by atoms with E-state index in [9.17, 15) is 28.9 Å². The number of nitrogens with zero attached hydrogens (tertiary/aromatic N) is 2. The zero-order valence-corrected chi connectivity index (χ0v) is 21.8. The van der Waals surface area contributed by atoms with E-state index >= 15 is 0 Å². The lowest BCUT2D eigenvalue weighted by Gasteiger charge is -2.39. The Hall–Kier alpha value is -5.44. The predicted octanol–water partition coefficient (Wildman–Crippen LogP) is 5.81. The lowest BCUT2D eigenvalue weighted by atomic mass is 9.88. The number of nitro benzene ring substituents is 1. The minimum Gasteiger partial charge on any atom is -0.467 e. The Morgan fingerprint density at radius 3 is 1.93 bits per heavy atom. The Balaban J connectivity index is 1.83. The molecule has 0 radical (unpaired) electrons. The van der Waals surface area contributed by atoms with Gasteiger partial charge in [-0.15, -0.1) is 0 Å². The van der Waals surface area contributed by atoms with E-state index in [1.165, 1.54) is 47.4 Å². The first-order valence-electron chi connectivity index (χ1n) is 12.6. The van der Waals surface area contributed by atoms with Crippen molar-refractivity contribution < 1.29 is 28.4 Å². The van der Waals surface area contributed by atoms with Gasteiger partial charge >= 0.3 is 5.97 Å². The van der Waals surface area contributed by atoms with Crippen LogP contribution in [-0.4, -0.2) is 34.6 Å². The number of halogens is 1. The molecular formula is C32H23FN2O6. The molecule has 1 heterocycles. The van der Waals surface area contributed by atoms with E-state index in [4.69, 9.17) is 4.74 Å². The lowest BCUT2D eigenvalue weighted by Crippen LogP contribution is -2.52. The molecule has 204 valence electrons. The van der Waals surface area contributed by atoms with Gasteiger partial charge in [0.2, 0.25) is 0 Å². The maximum atomic E-state index is 14.4. The molecule has 0 saturated carbocycles. The van der Waals surface area contributed by atoms with Gasteiger partial charge in [-0.2, -0.15) is 0 Å². The first kappa shape index (κ1) is 27.1. The second-order valence-corrected chi connectivity index (χ2v) is 9.35. The molecule has 8 nitrogen and oxygen atoms in total. The summed E-state index contributed by atoms with van der Waals surface area (Å²) < 4.78 is 19.3. The maximum Gasteiger partial charge on any atom is 0.340 e. The number of ketones is 1. The third-order valence-corrected chi connectivity index (χ3v) is 7.04. The molecule has 4 aromatic rings. The van der Waals surface area contributed by atoms with Crippen molar-refractivity contribution in [2.24, 2.45) is 0 Å². The number of carbonyl (C=O) groups excluding carboxylic acids is 3. The maximum absolute atomic E-state index is 14.4. The molecule has 0 unspecified atom stereocenters. The number of esters is 1. The topological polar surface area (TPSA) is 107 Å². The van der Waals surface area contributed by atoms with Crippen molar-refractivity contribution in [1.82, 2.24) is 4.90 Å². The number of ether oxygens (including phenoxy) is 1. The Labute approximate surface area is 234 Å². The molecule has 1 amide bonds. The van der Waals surface area contributed by atoms with Crippen molar-refractivity contribution in [2.75, 3.05) is 7.11 Å². The average molecular weight is 551 g/mol. The fourth-order valence-electron chi connectivity index (χ4n) is 5.12. The van der Waals surface area contributed by atoms with Crippen LogP contribution < -0.4 is 0 Å². The molecule has 0 bridgehead atoms. The first-order valence-corrected chi connectivity index (χ1v) is 12.6. The van der Waals surface area contributed by atoms with E-state index in [1.54, 1.807) is 60.7 Å². The minimum absolute atomic E-state index is 0.0732. The van der Waals surface area contributed by atoms with Gasteiger partial charge in [-0.25, -0.2) is 9.18 Å². The van der Waals surface area contributed by atoms with Gasteiger partial charge in [-0.05, 0) is 53.6 Å². The highest BCUT2D eigenvalue weighted by Gasteiger charge is 2.57. The summed E-state index contributed by atoms with van der Waals surface area (Å²) in [6.45, 7) is 0. The average Bonchev–Trinajstić information content (AvgIpc) is 3.38.